The molecule has 0 radical (unpaired) electrons. The summed E-state index contributed by atoms with van der Waals surface area (Å²) in [4.78, 5) is 12.2. The molecule has 0 saturated carbocycles. The van der Waals surface area contributed by atoms with Crippen molar-refractivity contribution in [2.45, 2.75) is 25.4 Å². The minimum absolute atomic E-state index is 0.0224. The highest BCUT2D eigenvalue weighted by molar-refractivity contribution is 6.31. The highest BCUT2D eigenvalue weighted by atomic mass is 35.5. The van der Waals surface area contributed by atoms with E-state index in [0.717, 1.165) is 29.0 Å². The number of rotatable bonds is 4. The van der Waals surface area contributed by atoms with Crippen LogP contribution >= 0.6 is 11.6 Å². The molecule has 0 bridgehead atoms. The molecule has 0 spiro atoms. The van der Waals surface area contributed by atoms with Gasteiger partial charge >= 0.3 is 0 Å². The van der Waals surface area contributed by atoms with Gasteiger partial charge in [0.05, 0.1) is 18.8 Å². The molecule has 7 heteroatoms. The van der Waals surface area contributed by atoms with Gasteiger partial charge in [-0.3, -0.25) is 9.48 Å². The van der Waals surface area contributed by atoms with Crippen LogP contribution in [0.1, 0.15) is 34.1 Å². The summed E-state index contributed by atoms with van der Waals surface area (Å²) in [6.45, 7) is 1.00. The van der Waals surface area contributed by atoms with Crippen LogP contribution in [0.3, 0.4) is 0 Å². The first-order valence-corrected chi connectivity index (χ1v) is 7.25. The van der Waals surface area contributed by atoms with E-state index in [1.54, 1.807) is 10.9 Å². The lowest BCUT2D eigenvalue weighted by Crippen LogP contribution is -2.27. The second-order valence-electron chi connectivity index (χ2n) is 5.03. The predicted molar refractivity (Wildman–Crippen MR) is 79.1 cm³/mol. The third-order valence-corrected chi connectivity index (χ3v) is 4.00. The van der Waals surface area contributed by atoms with E-state index in [4.69, 9.17) is 17.3 Å². The first kappa shape index (κ1) is 14.0. The zero-order valence-corrected chi connectivity index (χ0v) is 12.2. The van der Waals surface area contributed by atoms with Crippen LogP contribution in [-0.2, 0) is 13.0 Å². The fourth-order valence-corrected chi connectivity index (χ4v) is 2.91. The van der Waals surface area contributed by atoms with Crippen LogP contribution in [0.4, 0.5) is 0 Å². The van der Waals surface area contributed by atoms with Crippen LogP contribution in [0.25, 0.3) is 0 Å². The summed E-state index contributed by atoms with van der Waals surface area (Å²) in [7, 11) is 0. The molecule has 6 nitrogen and oxygen atoms in total. The SMILES string of the molecule is NCCn1cc(C(=O)NC2CCc3c(Cl)cccc32)nn1. The Hall–Kier alpha value is -1.92. The average Bonchev–Trinajstić information content (AvgIpc) is 3.08. The second-order valence-corrected chi connectivity index (χ2v) is 5.44. The van der Waals surface area contributed by atoms with Gasteiger partial charge in [-0.1, -0.05) is 28.9 Å². The maximum Gasteiger partial charge on any atom is 0.273 e. The van der Waals surface area contributed by atoms with Gasteiger partial charge in [-0.2, -0.15) is 0 Å². The Labute approximate surface area is 127 Å². The molecule has 1 heterocycles. The van der Waals surface area contributed by atoms with E-state index in [0.29, 0.717) is 18.8 Å². The summed E-state index contributed by atoms with van der Waals surface area (Å²) >= 11 is 6.18. The number of halogens is 1. The minimum atomic E-state index is -0.226. The molecule has 2 aromatic rings. The van der Waals surface area contributed by atoms with Crippen molar-refractivity contribution >= 4 is 17.5 Å². The van der Waals surface area contributed by atoms with Crippen molar-refractivity contribution in [3.8, 4) is 0 Å². The van der Waals surface area contributed by atoms with Gasteiger partial charge in [0.2, 0.25) is 0 Å². The summed E-state index contributed by atoms with van der Waals surface area (Å²) in [6.07, 6.45) is 3.33. The van der Waals surface area contributed by atoms with Gasteiger partial charge in [0.25, 0.3) is 5.91 Å². The van der Waals surface area contributed by atoms with E-state index in [1.807, 2.05) is 18.2 Å². The molecular weight excluding hydrogens is 290 g/mol. The highest BCUT2D eigenvalue weighted by Gasteiger charge is 2.26. The van der Waals surface area contributed by atoms with Crippen LogP contribution < -0.4 is 11.1 Å². The van der Waals surface area contributed by atoms with Gasteiger partial charge in [-0.05, 0) is 30.0 Å². The molecule has 3 N–H and O–H groups in total. The molecule has 1 aliphatic rings. The first-order chi connectivity index (χ1) is 10.2. The number of carbonyl (C=O) groups is 1. The molecule has 0 aliphatic heterocycles. The Bertz CT molecular complexity index is 669. The van der Waals surface area contributed by atoms with Crippen LogP contribution in [0.5, 0.6) is 0 Å². The van der Waals surface area contributed by atoms with Crippen molar-refractivity contribution in [1.82, 2.24) is 20.3 Å². The molecule has 1 atom stereocenters. The largest absolute Gasteiger partial charge is 0.344 e. The molecule has 3 rings (SSSR count). The Morgan fingerprint density at radius 1 is 1.52 bits per heavy atom. The molecule has 0 fully saturated rings. The summed E-state index contributed by atoms with van der Waals surface area (Å²) in [5.41, 5.74) is 7.96. The maximum atomic E-state index is 12.2. The average molecular weight is 306 g/mol. The number of nitrogens with two attached hydrogens (primary N) is 1. The molecule has 1 aromatic heterocycles. The van der Waals surface area contributed by atoms with E-state index >= 15 is 0 Å². The van der Waals surface area contributed by atoms with Crippen LogP contribution in [0.2, 0.25) is 5.02 Å². The maximum absolute atomic E-state index is 12.2. The third kappa shape index (κ3) is 2.77. The minimum Gasteiger partial charge on any atom is -0.344 e. The fraction of sp³-hybridized carbons (Fsp3) is 0.357. The Morgan fingerprint density at radius 2 is 2.38 bits per heavy atom. The van der Waals surface area contributed by atoms with Crippen LogP contribution in [-0.4, -0.2) is 27.4 Å². The fourth-order valence-electron chi connectivity index (χ4n) is 2.64. The highest BCUT2D eigenvalue weighted by Crippen LogP contribution is 2.35. The zero-order chi connectivity index (χ0) is 14.8. The second kappa shape index (κ2) is 5.83. The van der Waals surface area contributed by atoms with Gasteiger partial charge in [-0.15, -0.1) is 5.10 Å². The lowest BCUT2D eigenvalue weighted by atomic mass is 10.1. The van der Waals surface area contributed by atoms with E-state index < -0.39 is 0 Å². The van der Waals surface area contributed by atoms with Crippen molar-refractivity contribution in [3.05, 3.63) is 46.2 Å². The lowest BCUT2D eigenvalue weighted by Gasteiger charge is -2.13. The zero-order valence-electron chi connectivity index (χ0n) is 11.4. The van der Waals surface area contributed by atoms with Gasteiger partial charge in [0, 0.05) is 11.6 Å². The van der Waals surface area contributed by atoms with Gasteiger partial charge in [0.15, 0.2) is 5.69 Å². The number of aromatic nitrogens is 3. The van der Waals surface area contributed by atoms with Gasteiger partial charge in [-0.25, -0.2) is 0 Å². The van der Waals surface area contributed by atoms with Crippen molar-refractivity contribution in [1.29, 1.82) is 0 Å². The number of hydrogen-bond donors (Lipinski definition) is 2. The smallest absolute Gasteiger partial charge is 0.273 e. The van der Waals surface area contributed by atoms with Gasteiger partial charge in [0.1, 0.15) is 0 Å². The van der Waals surface area contributed by atoms with Crippen molar-refractivity contribution in [2.24, 2.45) is 5.73 Å². The van der Waals surface area contributed by atoms with Crippen LogP contribution in [0.15, 0.2) is 24.4 Å². The summed E-state index contributed by atoms with van der Waals surface area (Å²) in [5, 5.41) is 11.5. The molecule has 0 saturated heterocycles. The quantitative estimate of drug-likeness (QED) is 0.891. The number of fused-ring (bicyclic) bond motifs is 1. The number of hydrogen-bond acceptors (Lipinski definition) is 4. The Balaban J connectivity index is 1.73. The van der Waals surface area contributed by atoms with Crippen molar-refractivity contribution in [2.75, 3.05) is 6.54 Å². The Kier molecular flexibility index (Phi) is 3.90. The van der Waals surface area contributed by atoms with Crippen molar-refractivity contribution in [3.63, 3.8) is 0 Å². The third-order valence-electron chi connectivity index (χ3n) is 3.65. The van der Waals surface area contributed by atoms with E-state index in [9.17, 15) is 4.79 Å². The van der Waals surface area contributed by atoms with E-state index in [1.165, 1.54) is 0 Å². The van der Waals surface area contributed by atoms with Gasteiger partial charge < -0.3 is 11.1 Å². The molecule has 1 unspecified atom stereocenters. The Morgan fingerprint density at radius 3 is 3.19 bits per heavy atom. The molecule has 1 amide bonds. The molecule has 21 heavy (non-hydrogen) atoms. The number of nitrogens with one attached hydrogen (secondary N) is 1. The summed E-state index contributed by atoms with van der Waals surface area (Å²) in [6, 6.07) is 5.77. The molecule has 110 valence electrons. The van der Waals surface area contributed by atoms with Crippen LogP contribution in [0, 0.1) is 0 Å². The normalized spacial score (nSPS) is 16.8. The van der Waals surface area contributed by atoms with E-state index in [2.05, 4.69) is 15.6 Å². The van der Waals surface area contributed by atoms with E-state index in [-0.39, 0.29) is 11.9 Å². The first-order valence-electron chi connectivity index (χ1n) is 6.87. The summed E-state index contributed by atoms with van der Waals surface area (Å²) < 4.78 is 1.56. The topological polar surface area (TPSA) is 85.8 Å². The molecule has 1 aromatic carbocycles. The molecular formula is C14H16ClN5O. The number of amides is 1. The monoisotopic (exact) mass is 305 g/mol. The lowest BCUT2D eigenvalue weighted by molar-refractivity contribution is 0.0931. The number of benzene rings is 1. The van der Waals surface area contributed by atoms with Crippen molar-refractivity contribution < 1.29 is 4.79 Å². The molecule has 1 aliphatic carbocycles. The number of carbonyl (C=O) groups excluding carboxylic acids is 1. The standard InChI is InChI=1S/C14H16ClN5O/c15-11-3-1-2-10-9(11)4-5-12(10)17-14(21)13-8-20(7-6-16)19-18-13/h1-3,8,12H,4-7,16H2,(H,17,21). The predicted octanol–water partition coefficient (Wildman–Crippen LogP) is 1.31. The summed E-state index contributed by atoms with van der Waals surface area (Å²) in [5.74, 6) is -0.226. The number of nitrogens with zero attached hydrogens (tertiary/aromatic N) is 3.